The fourth-order valence-corrected chi connectivity index (χ4v) is 3.70. The highest BCUT2D eigenvalue weighted by molar-refractivity contribution is 5.81. The Morgan fingerprint density at radius 2 is 1.95 bits per heavy atom. The highest BCUT2D eigenvalue weighted by Crippen LogP contribution is 2.30. The van der Waals surface area contributed by atoms with Gasteiger partial charge in [0.15, 0.2) is 0 Å². The van der Waals surface area contributed by atoms with E-state index in [2.05, 4.69) is 11.9 Å². The van der Waals surface area contributed by atoms with Crippen molar-refractivity contribution in [1.29, 1.82) is 0 Å². The second-order valence-electron chi connectivity index (χ2n) is 7.16. The molecule has 0 radical (unpaired) electrons. The van der Waals surface area contributed by atoms with E-state index in [1.165, 1.54) is 19.4 Å². The number of ether oxygens (including phenoxy) is 1. The lowest BCUT2D eigenvalue weighted by Crippen LogP contribution is -2.39. The van der Waals surface area contributed by atoms with Gasteiger partial charge < -0.3 is 20.3 Å². The molecular formula is C16H29N3O2. The largest absolute Gasteiger partial charge is 0.364 e. The normalized spacial score (nSPS) is 33.1. The van der Waals surface area contributed by atoms with E-state index in [0.29, 0.717) is 12.5 Å². The summed E-state index contributed by atoms with van der Waals surface area (Å²) < 4.78 is 5.74. The van der Waals surface area contributed by atoms with Gasteiger partial charge in [0.05, 0.1) is 6.10 Å². The molecule has 2 aliphatic heterocycles. The zero-order valence-electron chi connectivity index (χ0n) is 13.2. The van der Waals surface area contributed by atoms with Crippen LogP contribution in [-0.2, 0) is 9.53 Å². The van der Waals surface area contributed by atoms with Crippen molar-refractivity contribution >= 4 is 5.91 Å². The zero-order valence-corrected chi connectivity index (χ0v) is 13.2. The van der Waals surface area contributed by atoms with Crippen molar-refractivity contribution in [2.75, 3.05) is 39.8 Å². The third-order valence-corrected chi connectivity index (χ3v) is 5.08. The first-order valence-corrected chi connectivity index (χ1v) is 8.48. The molecule has 3 rings (SSSR count). The van der Waals surface area contributed by atoms with Gasteiger partial charge in [-0.1, -0.05) is 0 Å². The van der Waals surface area contributed by atoms with E-state index in [-0.39, 0.29) is 18.1 Å². The Labute approximate surface area is 127 Å². The average molecular weight is 295 g/mol. The highest BCUT2D eigenvalue weighted by atomic mass is 16.5. The molecule has 0 aromatic heterocycles. The maximum Gasteiger partial charge on any atom is 0.251 e. The van der Waals surface area contributed by atoms with Crippen LogP contribution in [-0.4, -0.2) is 67.7 Å². The van der Waals surface area contributed by atoms with Crippen LogP contribution in [0.2, 0.25) is 0 Å². The molecular weight excluding hydrogens is 266 g/mol. The third-order valence-electron chi connectivity index (χ3n) is 5.08. The summed E-state index contributed by atoms with van der Waals surface area (Å²) in [4.78, 5) is 16.9. The standard InChI is InChI=1S/C16H29N3O2/c1-18(9-12-2-3-12)10-13-6-7-19(11-13)16(20)15-5-4-14(8-17)21-15/h12-15H,2-11,17H2,1H3/t13?,14-,15+/m1/s1. The monoisotopic (exact) mass is 295 g/mol. The van der Waals surface area contributed by atoms with E-state index in [9.17, 15) is 4.79 Å². The minimum Gasteiger partial charge on any atom is -0.364 e. The van der Waals surface area contributed by atoms with Gasteiger partial charge in [0.2, 0.25) is 0 Å². The van der Waals surface area contributed by atoms with Crippen LogP contribution in [0.25, 0.3) is 0 Å². The molecule has 2 heterocycles. The second-order valence-corrected chi connectivity index (χ2v) is 7.16. The highest BCUT2D eigenvalue weighted by Gasteiger charge is 2.36. The van der Waals surface area contributed by atoms with Gasteiger partial charge in [-0.3, -0.25) is 4.79 Å². The van der Waals surface area contributed by atoms with Gasteiger partial charge in [0.1, 0.15) is 6.10 Å². The van der Waals surface area contributed by atoms with Crippen molar-refractivity contribution in [2.24, 2.45) is 17.6 Å². The Bertz CT molecular complexity index is 373. The fraction of sp³-hybridized carbons (Fsp3) is 0.938. The number of rotatable bonds is 6. The molecule has 3 fully saturated rings. The van der Waals surface area contributed by atoms with Gasteiger partial charge in [-0.25, -0.2) is 0 Å². The molecule has 3 aliphatic rings. The summed E-state index contributed by atoms with van der Waals surface area (Å²) in [5.41, 5.74) is 5.62. The van der Waals surface area contributed by atoms with Crippen molar-refractivity contribution in [3.63, 3.8) is 0 Å². The number of amides is 1. The number of nitrogens with two attached hydrogens (primary N) is 1. The van der Waals surface area contributed by atoms with Crippen LogP contribution >= 0.6 is 0 Å². The van der Waals surface area contributed by atoms with Crippen molar-refractivity contribution in [3.8, 4) is 0 Å². The second kappa shape index (κ2) is 6.63. The minimum absolute atomic E-state index is 0.0852. The molecule has 1 amide bonds. The Balaban J connectivity index is 1.42. The molecule has 5 heteroatoms. The first-order valence-electron chi connectivity index (χ1n) is 8.48. The smallest absolute Gasteiger partial charge is 0.251 e. The van der Waals surface area contributed by atoms with Gasteiger partial charge >= 0.3 is 0 Å². The van der Waals surface area contributed by atoms with Crippen molar-refractivity contribution in [2.45, 2.75) is 44.3 Å². The van der Waals surface area contributed by atoms with E-state index in [4.69, 9.17) is 10.5 Å². The fourth-order valence-electron chi connectivity index (χ4n) is 3.70. The van der Waals surface area contributed by atoms with E-state index in [1.807, 2.05) is 4.90 Å². The molecule has 0 aromatic carbocycles. The molecule has 0 spiro atoms. The van der Waals surface area contributed by atoms with E-state index < -0.39 is 0 Å². The number of hydrogen-bond acceptors (Lipinski definition) is 4. The molecule has 3 atom stereocenters. The van der Waals surface area contributed by atoms with Crippen LogP contribution < -0.4 is 5.73 Å². The van der Waals surface area contributed by atoms with Crippen LogP contribution in [0.5, 0.6) is 0 Å². The summed E-state index contributed by atoms with van der Waals surface area (Å²) in [6.07, 6.45) is 5.55. The zero-order chi connectivity index (χ0) is 14.8. The van der Waals surface area contributed by atoms with Gasteiger partial charge in [0, 0.05) is 32.7 Å². The number of likely N-dealkylation sites (tertiary alicyclic amines) is 1. The molecule has 21 heavy (non-hydrogen) atoms. The molecule has 0 bridgehead atoms. The molecule has 5 nitrogen and oxygen atoms in total. The molecule has 120 valence electrons. The first kappa shape index (κ1) is 15.3. The van der Waals surface area contributed by atoms with Crippen LogP contribution in [0.3, 0.4) is 0 Å². The minimum atomic E-state index is -0.235. The Morgan fingerprint density at radius 1 is 1.19 bits per heavy atom. The molecule has 2 N–H and O–H groups in total. The van der Waals surface area contributed by atoms with Crippen LogP contribution in [0, 0.1) is 11.8 Å². The lowest BCUT2D eigenvalue weighted by atomic mass is 10.1. The number of hydrogen-bond donors (Lipinski definition) is 1. The van der Waals surface area contributed by atoms with E-state index in [0.717, 1.165) is 44.8 Å². The van der Waals surface area contributed by atoms with Crippen LogP contribution in [0.4, 0.5) is 0 Å². The average Bonchev–Trinajstić information content (AvgIpc) is 2.99. The van der Waals surface area contributed by atoms with Crippen LogP contribution in [0.15, 0.2) is 0 Å². The topological polar surface area (TPSA) is 58.8 Å². The van der Waals surface area contributed by atoms with Gasteiger partial charge in [0.25, 0.3) is 5.91 Å². The first-order chi connectivity index (χ1) is 10.2. The number of carbonyl (C=O) groups excluding carboxylic acids is 1. The predicted octanol–water partition coefficient (Wildman–Crippen LogP) is 0.683. The quantitative estimate of drug-likeness (QED) is 0.783. The summed E-state index contributed by atoms with van der Waals surface area (Å²) in [6, 6.07) is 0. The van der Waals surface area contributed by atoms with Gasteiger partial charge in [-0.15, -0.1) is 0 Å². The number of carbonyl (C=O) groups is 1. The SMILES string of the molecule is CN(CC1CC1)CC1CCN(C(=O)[C@@H]2CC[C@H](CN)O2)C1. The van der Waals surface area contributed by atoms with E-state index >= 15 is 0 Å². The number of nitrogens with zero attached hydrogens (tertiary/aromatic N) is 2. The summed E-state index contributed by atoms with van der Waals surface area (Å²) >= 11 is 0. The maximum atomic E-state index is 12.5. The molecule has 2 saturated heterocycles. The third kappa shape index (κ3) is 3.96. The maximum absolute atomic E-state index is 12.5. The molecule has 1 aliphatic carbocycles. The molecule has 0 aromatic rings. The Hall–Kier alpha value is -0.650. The van der Waals surface area contributed by atoms with Crippen molar-refractivity contribution < 1.29 is 9.53 Å². The van der Waals surface area contributed by atoms with Crippen LogP contribution in [0.1, 0.15) is 32.1 Å². The Morgan fingerprint density at radius 3 is 2.62 bits per heavy atom. The molecule has 1 saturated carbocycles. The summed E-state index contributed by atoms with van der Waals surface area (Å²) in [5, 5.41) is 0. The summed E-state index contributed by atoms with van der Waals surface area (Å²) in [6.45, 7) is 4.68. The lowest BCUT2D eigenvalue weighted by molar-refractivity contribution is -0.141. The predicted molar refractivity (Wildman–Crippen MR) is 81.9 cm³/mol. The van der Waals surface area contributed by atoms with Crippen molar-refractivity contribution in [3.05, 3.63) is 0 Å². The van der Waals surface area contributed by atoms with Gasteiger partial charge in [-0.05, 0) is 51.0 Å². The molecule has 1 unspecified atom stereocenters. The van der Waals surface area contributed by atoms with Crippen molar-refractivity contribution in [1.82, 2.24) is 9.80 Å². The summed E-state index contributed by atoms with van der Waals surface area (Å²) in [7, 11) is 2.22. The lowest BCUT2D eigenvalue weighted by Gasteiger charge is -2.23. The van der Waals surface area contributed by atoms with Gasteiger partial charge in [-0.2, -0.15) is 0 Å². The Kier molecular flexibility index (Phi) is 4.82. The van der Waals surface area contributed by atoms with E-state index in [1.54, 1.807) is 0 Å². The summed E-state index contributed by atoms with van der Waals surface area (Å²) in [5.74, 6) is 1.76.